The van der Waals surface area contributed by atoms with Gasteiger partial charge in [-0.05, 0) is 44.9 Å². The maximum absolute atomic E-state index is 10.9. The SMILES string of the molecule is CC.CC.CC/C=C\C/C=C\C/C=C\C/C=C\C/C=C\CCCC(=O)OC. The Morgan fingerprint density at radius 3 is 1.41 bits per heavy atom. The van der Waals surface area contributed by atoms with Crippen molar-refractivity contribution < 1.29 is 9.53 Å². The minimum Gasteiger partial charge on any atom is -0.469 e. The van der Waals surface area contributed by atoms with E-state index in [1.165, 1.54) is 7.11 Å². The lowest BCUT2D eigenvalue weighted by Gasteiger charge is -1.95. The molecule has 0 radical (unpaired) electrons. The lowest BCUT2D eigenvalue weighted by Crippen LogP contribution is -1.98. The Balaban J connectivity index is -0.00000134. The van der Waals surface area contributed by atoms with Gasteiger partial charge in [-0.15, -0.1) is 0 Å². The number of hydrogen-bond acceptors (Lipinski definition) is 2. The molecular weight excluding hydrogens is 332 g/mol. The molecule has 0 N–H and O–H groups in total. The molecule has 0 rings (SSSR count). The van der Waals surface area contributed by atoms with E-state index in [9.17, 15) is 4.79 Å². The summed E-state index contributed by atoms with van der Waals surface area (Å²) >= 11 is 0. The van der Waals surface area contributed by atoms with Crippen LogP contribution in [-0.4, -0.2) is 13.1 Å². The molecular formula is C25H44O2. The van der Waals surface area contributed by atoms with E-state index in [2.05, 4.69) is 72.4 Å². The third-order valence-electron chi connectivity index (χ3n) is 3.14. The zero-order chi connectivity index (χ0) is 21.0. The molecule has 0 saturated carbocycles. The Morgan fingerprint density at radius 1 is 0.667 bits per heavy atom. The first-order chi connectivity index (χ1) is 13.3. The molecule has 0 amide bonds. The fraction of sp³-hybridized carbons (Fsp3) is 0.560. The van der Waals surface area contributed by atoms with Gasteiger partial charge in [0.15, 0.2) is 0 Å². The van der Waals surface area contributed by atoms with Crippen molar-refractivity contribution >= 4 is 5.97 Å². The Bertz CT molecular complexity index is 412. The van der Waals surface area contributed by atoms with Gasteiger partial charge in [-0.25, -0.2) is 0 Å². The molecule has 0 fully saturated rings. The van der Waals surface area contributed by atoms with E-state index >= 15 is 0 Å². The van der Waals surface area contributed by atoms with Gasteiger partial charge in [0.25, 0.3) is 0 Å². The summed E-state index contributed by atoms with van der Waals surface area (Å²) in [6, 6.07) is 0. The van der Waals surface area contributed by atoms with Gasteiger partial charge in [0, 0.05) is 6.42 Å². The highest BCUT2D eigenvalue weighted by atomic mass is 16.5. The predicted molar refractivity (Wildman–Crippen MR) is 123 cm³/mol. The van der Waals surface area contributed by atoms with Gasteiger partial charge in [0.05, 0.1) is 7.11 Å². The van der Waals surface area contributed by atoms with Gasteiger partial charge in [0.2, 0.25) is 0 Å². The number of carbonyl (C=O) groups is 1. The highest BCUT2D eigenvalue weighted by molar-refractivity contribution is 5.69. The van der Waals surface area contributed by atoms with Crippen LogP contribution in [0.1, 0.15) is 86.0 Å². The van der Waals surface area contributed by atoms with Crippen molar-refractivity contribution in [1.82, 2.24) is 0 Å². The van der Waals surface area contributed by atoms with Crippen molar-refractivity contribution in [2.75, 3.05) is 7.11 Å². The molecule has 27 heavy (non-hydrogen) atoms. The van der Waals surface area contributed by atoms with Crippen LogP contribution < -0.4 is 0 Å². The smallest absolute Gasteiger partial charge is 0.305 e. The third kappa shape index (κ3) is 32.3. The van der Waals surface area contributed by atoms with Crippen LogP contribution in [0.25, 0.3) is 0 Å². The van der Waals surface area contributed by atoms with Crippen LogP contribution in [0.15, 0.2) is 60.8 Å². The van der Waals surface area contributed by atoms with Crippen LogP contribution >= 0.6 is 0 Å². The number of rotatable bonds is 13. The molecule has 2 heteroatoms. The highest BCUT2D eigenvalue weighted by Gasteiger charge is 1.96. The first kappa shape index (κ1) is 29.9. The van der Waals surface area contributed by atoms with Gasteiger partial charge in [-0.3, -0.25) is 4.79 Å². The van der Waals surface area contributed by atoms with Gasteiger partial charge >= 0.3 is 5.97 Å². The van der Waals surface area contributed by atoms with Crippen LogP contribution in [0, 0.1) is 0 Å². The van der Waals surface area contributed by atoms with Crippen molar-refractivity contribution in [3.05, 3.63) is 60.8 Å². The molecule has 0 aromatic carbocycles. The second-order valence-electron chi connectivity index (χ2n) is 5.18. The highest BCUT2D eigenvalue weighted by Crippen LogP contribution is 2.00. The van der Waals surface area contributed by atoms with Gasteiger partial charge in [0.1, 0.15) is 0 Å². The average molecular weight is 377 g/mol. The summed E-state index contributed by atoms with van der Waals surface area (Å²) in [5.41, 5.74) is 0. The molecule has 2 nitrogen and oxygen atoms in total. The molecule has 0 unspecified atom stereocenters. The molecule has 0 bridgehead atoms. The van der Waals surface area contributed by atoms with E-state index < -0.39 is 0 Å². The third-order valence-corrected chi connectivity index (χ3v) is 3.14. The van der Waals surface area contributed by atoms with E-state index in [4.69, 9.17) is 0 Å². The zero-order valence-electron chi connectivity index (χ0n) is 18.7. The van der Waals surface area contributed by atoms with Crippen LogP contribution in [0.4, 0.5) is 0 Å². The number of hydrogen-bond donors (Lipinski definition) is 0. The van der Waals surface area contributed by atoms with Gasteiger partial charge < -0.3 is 4.74 Å². The zero-order valence-corrected chi connectivity index (χ0v) is 18.7. The predicted octanol–water partition coefficient (Wildman–Crippen LogP) is 8.13. The van der Waals surface area contributed by atoms with E-state index in [1.807, 2.05) is 27.7 Å². The number of unbranched alkanes of at least 4 members (excludes halogenated alkanes) is 1. The standard InChI is InChI=1S/C21H32O2.2C2H6/c1-3-4-5-6-7-8-9-10-11-12-13-14-15-16-17-18-19-20-21(22)23-2;2*1-2/h4-5,7-8,10-11,13-14,16-17H,3,6,9,12,15,18-20H2,1-2H3;2*1-2H3/b5-4-,8-7-,11-10-,14-13-,17-16-;;. The van der Waals surface area contributed by atoms with Crippen LogP contribution in [0.3, 0.4) is 0 Å². The molecule has 0 aliphatic carbocycles. The van der Waals surface area contributed by atoms with Gasteiger partial charge in [-0.2, -0.15) is 0 Å². The Morgan fingerprint density at radius 2 is 1.04 bits per heavy atom. The summed E-state index contributed by atoms with van der Waals surface area (Å²) in [6.45, 7) is 10.2. The van der Waals surface area contributed by atoms with Crippen molar-refractivity contribution in [2.24, 2.45) is 0 Å². The normalized spacial score (nSPS) is 11.2. The summed E-state index contributed by atoms with van der Waals surface area (Å²) in [4.78, 5) is 10.9. The molecule has 0 aromatic heterocycles. The first-order valence-electron chi connectivity index (χ1n) is 10.6. The molecule has 0 heterocycles. The Kier molecular flexibility index (Phi) is 35.3. The van der Waals surface area contributed by atoms with Crippen LogP contribution in [-0.2, 0) is 9.53 Å². The van der Waals surface area contributed by atoms with E-state index in [-0.39, 0.29) is 5.97 Å². The Labute approximate surface area is 169 Å². The van der Waals surface area contributed by atoms with Crippen LogP contribution in [0.5, 0.6) is 0 Å². The number of allylic oxidation sites excluding steroid dienone is 10. The monoisotopic (exact) mass is 376 g/mol. The number of esters is 1. The number of ether oxygens (including phenoxy) is 1. The molecule has 156 valence electrons. The minimum atomic E-state index is -0.127. The quantitative estimate of drug-likeness (QED) is 0.184. The number of carbonyl (C=O) groups excluding carboxylic acids is 1. The summed E-state index contributed by atoms with van der Waals surface area (Å²) in [5.74, 6) is -0.127. The van der Waals surface area contributed by atoms with Crippen LogP contribution in [0.2, 0.25) is 0 Å². The second kappa shape index (κ2) is 31.9. The average Bonchev–Trinajstić information content (AvgIpc) is 2.73. The summed E-state index contributed by atoms with van der Waals surface area (Å²) in [7, 11) is 1.43. The maximum atomic E-state index is 10.9. The molecule has 0 saturated heterocycles. The van der Waals surface area contributed by atoms with E-state index in [0.717, 1.165) is 44.9 Å². The molecule has 0 atom stereocenters. The Hall–Kier alpha value is -1.83. The van der Waals surface area contributed by atoms with E-state index in [0.29, 0.717) is 6.42 Å². The van der Waals surface area contributed by atoms with Crippen molar-refractivity contribution in [3.8, 4) is 0 Å². The molecule has 0 aromatic rings. The number of methoxy groups -OCH3 is 1. The fourth-order valence-corrected chi connectivity index (χ4v) is 1.83. The van der Waals surface area contributed by atoms with Crippen molar-refractivity contribution in [1.29, 1.82) is 0 Å². The summed E-state index contributed by atoms with van der Waals surface area (Å²) < 4.78 is 4.59. The first-order valence-corrected chi connectivity index (χ1v) is 10.6. The molecule has 0 aliphatic heterocycles. The lowest BCUT2D eigenvalue weighted by molar-refractivity contribution is -0.140. The van der Waals surface area contributed by atoms with Crippen molar-refractivity contribution in [3.63, 3.8) is 0 Å². The minimum absolute atomic E-state index is 0.127. The summed E-state index contributed by atoms with van der Waals surface area (Å²) in [5, 5.41) is 0. The summed E-state index contributed by atoms with van der Waals surface area (Å²) in [6.07, 6.45) is 29.2. The topological polar surface area (TPSA) is 26.3 Å². The second-order valence-corrected chi connectivity index (χ2v) is 5.18. The molecule has 0 aliphatic rings. The van der Waals surface area contributed by atoms with Crippen molar-refractivity contribution in [2.45, 2.75) is 86.0 Å². The largest absolute Gasteiger partial charge is 0.469 e. The molecule has 0 spiro atoms. The maximum Gasteiger partial charge on any atom is 0.305 e. The van der Waals surface area contributed by atoms with E-state index in [1.54, 1.807) is 0 Å². The lowest BCUT2D eigenvalue weighted by atomic mass is 10.2. The van der Waals surface area contributed by atoms with Gasteiger partial charge in [-0.1, -0.05) is 95.4 Å². The fourth-order valence-electron chi connectivity index (χ4n) is 1.83.